The molecule has 8 nitrogen and oxygen atoms in total. The number of amides is 3. The summed E-state index contributed by atoms with van der Waals surface area (Å²) in [5.41, 5.74) is 5.73. The number of benzene rings is 2. The van der Waals surface area contributed by atoms with Gasteiger partial charge in [0.05, 0.1) is 17.5 Å². The number of piperazine rings is 1. The van der Waals surface area contributed by atoms with E-state index in [1.54, 1.807) is 9.80 Å². The number of carbonyl (C=O) groups excluding carboxylic acids is 3. The minimum absolute atomic E-state index is 0.0291. The van der Waals surface area contributed by atoms with Crippen molar-refractivity contribution in [2.45, 2.75) is 19.3 Å². The van der Waals surface area contributed by atoms with Gasteiger partial charge in [0, 0.05) is 31.7 Å². The summed E-state index contributed by atoms with van der Waals surface area (Å²) >= 11 is 6.27. The highest BCUT2D eigenvalue weighted by Gasteiger charge is 2.36. The van der Waals surface area contributed by atoms with Gasteiger partial charge < -0.3 is 25.0 Å². The molecule has 2 N–H and O–H groups in total. The molecule has 3 rings (SSSR count). The first kappa shape index (κ1) is 24.4. The number of nitrogens with zero attached hydrogens (tertiary/aromatic N) is 2. The summed E-state index contributed by atoms with van der Waals surface area (Å²) in [6, 6.07) is 12.7. The maximum absolute atomic E-state index is 13.2. The predicted molar refractivity (Wildman–Crippen MR) is 125 cm³/mol. The quantitative estimate of drug-likeness (QED) is 0.665. The van der Waals surface area contributed by atoms with Crippen LogP contribution in [0.3, 0.4) is 0 Å². The number of primary amides is 1. The van der Waals surface area contributed by atoms with E-state index in [9.17, 15) is 14.4 Å². The molecule has 0 bridgehead atoms. The number of halogens is 1. The summed E-state index contributed by atoms with van der Waals surface area (Å²) in [7, 11) is 1.41. The van der Waals surface area contributed by atoms with Crippen LogP contribution in [0.1, 0.15) is 29.8 Å². The number of nitrogens with two attached hydrogens (primary N) is 1. The fraction of sp³-hybridized carbons (Fsp3) is 0.375. The van der Waals surface area contributed by atoms with Crippen LogP contribution in [-0.4, -0.2) is 67.4 Å². The van der Waals surface area contributed by atoms with Gasteiger partial charge in [0.1, 0.15) is 0 Å². The zero-order chi connectivity index (χ0) is 24.2. The molecule has 3 amide bonds. The summed E-state index contributed by atoms with van der Waals surface area (Å²) < 4.78 is 10.6. The molecule has 176 valence electrons. The SMILES string of the molecule is COc1cc(C(=O)N2CCN(C(=O)C(C)(C)c3ccccc3)CC2)cc(Cl)c1OCC(N)=O. The molecule has 0 aliphatic carbocycles. The zero-order valence-electron chi connectivity index (χ0n) is 19.0. The second kappa shape index (κ2) is 10.1. The average molecular weight is 474 g/mol. The molecule has 1 fully saturated rings. The van der Waals surface area contributed by atoms with Gasteiger partial charge in [-0.1, -0.05) is 41.9 Å². The van der Waals surface area contributed by atoms with Crippen molar-refractivity contribution in [3.8, 4) is 11.5 Å². The van der Waals surface area contributed by atoms with Gasteiger partial charge in [0.25, 0.3) is 11.8 Å². The van der Waals surface area contributed by atoms with Crippen LogP contribution in [0.2, 0.25) is 5.02 Å². The van der Waals surface area contributed by atoms with E-state index in [0.717, 1.165) is 5.56 Å². The number of rotatable bonds is 7. The second-order valence-electron chi connectivity index (χ2n) is 8.32. The van der Waals surface area contributed by atoms with Crippen LogP contribution in [0, 0.1) is 0 Å². The molecule has 0 atom stereocenters. The molecule has 0 unspecified atom stereocenters. The lowest BCUT2D eigenvalue weighted by Gasteiger charge is -2.39. The summed E-state index contributed by atoms with van der Waals surface area (Å²) in [5.74, 6) is -0.484. The summed E-state index contributed by atoms with van der Waals surface area (Å²) in [4.78, 5) is 40.7. The van der Waals surface area contributed by atoms with Gasteiger partial charge in [0.2, 0.25) is 5.91 Å². The molecule has 0 radical (unpaired) electrons. The van der Waals surface area contributed by atoms with Gasteiger partial charge in [-0.15, -0.1) is 0 Å². The van der Waals surface area contributed by atoms with Gasteiger partial charge in [-0.05, 0) is 31.5 Å². The molecule has 0 saturated carbocycles. The van der Waals surface area contributed by atoms with Gasteiger partial charge in [-0.25, -0.2) is 0 Å². The predicted octanol–water partition coefficient (Wildman–Crippen LogP) is 2.47. The standard InChI is InChI=1S/C24H28ClN3O5/c1-24(2,17-7-5-4-6-8-17)23(31)28-11-9-27(10-12-28)22(30)16-13-18(25)21(19(14-16)32-3)33-15-20(26)29/h4-8,13-14H,9-12,15H2,1-3H3,(H2,26,29). The highest BCUT2D eigenvalue weighted by atomic mass is 35.5. The summed E-state index contributed by atoms with van der Waals surface area (Å²) in [6.07, 6.45) is 0. The topological polar surface area (TPSA) is 102 Å². The molecule has 0 aromatic heterocycles. The molecule has 2 aromatic carbocycles. The van der Waals surface area contributed by atoms with Gasteiger partial charge in [0.15, 0.2) is 18.1 Å². The van der Waals surface area contributed by atoms with E-state index in [0.29, 0.717) is 31.7 Å². The van der Waals surface area contributed by atoms with Gasteiger partial charge in [-0.2, -0.15) is 0 Å². The Balaban J connectivity index is 1.68. The number of ether oxygens (including phenoxy) is 2. The van der Waals surface area contributed by atoms with E-state index in [1.807, 2.05) is 44.2 Å². The monoisotopic (exact) mass is 473 g/mol. The van der Waals surface area contributed by atoms with Crippen molar-refractivity contribution in [1.29, 1.82) is 0 Å². The van der Waals surface area contributed by atoms with E-state index in [2.05, 4.69) is 0 Å². The Bertz CT molecular complexity index is 1030. The fourth-order valence-electron chi connectivity index (χ4n) is 3.80. The number of hydrogen-bond donors (Lipinski definition) is 1. The Morgan fingerprint density at radius 1 is 1.03 bits per heavy atom. The number of methoxy groups -OCH3 is 1. The van der Waals surface area contributed by atoms with Crippen molar-refractivity contribution in [2.24, 2.45) is 5.73 Å². The fourth-order valence-corrected chi connectivity index (χ4v) is 4.06. The molecule has 1 aliphatic heterocycles. The van der Waals surface area contributed by atoms with Crippen LogP contribution in [0.4, 0.5) is 0 Å². The Morgan fingerprint density at radius 3 is 2.21 bits per heavy atom. The first-order valence-electron chi connectivity index (χ1n) is 10.6. The van der Waals surface area contributed by atoms with Crippen molar-refractivity contribution in [2.75, 3.05) is 39.9 Å². The Labute approximate surface area is 198 Å². The molecule has 1 aliphatic rings. The molecular formula is C24H28ClN3O5. The highest BCUT2D eigenvalue weighted by molar-refractivity contribution is 6.32. The van der Waals surface area contributed by atoms with E-state index in [4.69, 9.17) is 26.8 Å². The zero-order valence-corrected chi connectivity index (χ0v) is 19.7. The van der Waals surface area contributed by atoms with Crippen molar-refractivity contribution in [3.63, 3.8) is 0 Å². The largest absolute Gasteiger partial charge is 0.493 e. The Hall–Kier alpha value is -3.26. The van der Waals surface area contributed by atoms with Gasteiger partial charge >= 0.3 is 0 Å². The Morgan fingerprint density at radius 2 is 1.64 bits per heavy atom. The number of carbonyl (C=O) groups is 3. The maximum Gasteiger partial charge on any atom is 0.255 e. The minimum atomic E-state index is -0.658. The van der Waals surface area contributed by atoms with Crippen molar-refractivity contribution >= 4 is 29.3 Å². The van der Waals surface area contributed by atoms with Crippen molar-refractivity contribution < 1.29 is 23.9 Å². The van der Waals surface area contributed by atoms with Crippen LogP contribution in [0.15, 0.2) is 42.5 Å². The molecule has 2 aromatic rings. The third-order valence-corrected chi connectivity index (χ3v) is 6.00. The molecule has 0 spiro atoms. The van der Waals surface area contributed by atoms with Crippen LogP contribution >= 0.6 is 11.6 Å². The molecule has 1 heterocycles. The molecule has 1 saturated heterocycles. The van der Waals surface area contributed by atoms with E-state index in [-0.39, 0.29) is 34.9 Å². The van der Waals surface area contributed by atoms with Crippen LogP contribution in [0.5, 0.6) is 11.5 Å². The van der Waals surface area contributed by atoms with E-state index < -0.39 is 11.3 Å². The van der Waals surface area contributed by atoms with Crippen molar-refractivity contribution in [3.05, 3.63) is 58.6 Å². The van der Waals surface area contributed by atoms with Crippen LogP contribution in [0.25, 0.3) is 0 Å². The second-order valence-corrected chi connectivity index (χ2v) is 8.73. The van der Waals surface area contributed by atoms with E-state index in [1.165, 1.54) is 19.2 Å². The smallest absolute Gasteiger partial charge is 0.255 e. The molecular weight excluding hydrogens is 446 g/mol. The Kier molecular flexibility index (Phi) is 7.48. The van der Waals surface area contributed by atoms with Crippen LogP contribution in [-0.2, 0) is 15.0 Å². The maximum atomic E-state index is 13.2. The summed E-state index contributed by atoms with van der Waals surface area (Å²) in [6.45, 7) is 5.14. The normalized spacial score (nSPS) is 14.1. The lowest BCUT2D eigenvalue weighted by Crippen LogP contribution is -2.54. The molecule has 33 heavy (non-hydrogen) atoms. The number of hydrogen-bond acceptors (Lipinski definition) is 5. The minimum Gasteiger partial charge on any atom is -0.493 e. The van der Waals surface area contributed by atoms with Gasteiger partial charge in [-0.3, -0.25) is 14.4 Å². The lowest BCUT2D eigenvalue weighted by molar-refractivity contribution is -0.137. The van der Waals surface area contributed by atoms with Crippen LogP contribution < -0.4 is 15.2 Å². The third kappa shape index (κ3) is 5.39. The summed E-state index contributed by atoms with van der Waals surface area (Å²) in [5, 5.41) is 0.136. The molecule has 9 heteroatoms. The highest BCUT2D eigenvalue weighted by Crippen LogP contribution is 2.37. The average Bonchev–Trinajstić information content (AvgIpc) is 2.82. The lowest BCUT2D eigenvalue weighted by atomic mass is 9.83. The van der Waals surface area contributed by atoms with E-state index >= 15 is 0 Å². The first-order chi connectivity index (χ1) is 15.6. The van der Waals surface area contributed by atoms with Crippen molar-refractivity contribution in [1.82, 2.24) is 9.80 Å². The first-order valence-corrected chi connectivity index (χ1v) is 11.0. The third-order valence-electron chi connectivity index (χ3n) is 5.72.